The van der Waals surface area contributed by atoms with Crippen molar-refractivity contribution in [2.75, 3.05) is 13.2 Å². The van der Waals surface area contributed by atoms with Gasteiger partial charge in [0.25, 0.3) is 0 Å². The van der Waals surface area contributed by atoms with Gasteiger partial charge in [0.1, 0.15) is 0 Å². The van der Waals surface area contributed by atoms with Crippen LogP contribution in [0, 0.1) is 5.92 Å². The average molecular weight is 216 g/mol. The number of carbonyl (C=O) groups excluding carboxylic acids is 1. The van der Waals surface area contributed by atoms with Gasteiger partial charge in [-0.1, -0.05) is 20.3 Å². The van der Waals surface area contributed by atoms with E-state index in [1.54, 1.807) is 0 Å². The molecule has 0 rings (SSSR count). The minimum Gasteiger partial charge on any atom is -0.394 e. The molecule has 4 N–H and O–H groups in total. The molecule has 0 aromatic rings. The predicted molar refractivity (Wildman–Crippen MR) is 61.4 cm³/mol. The number of hydrogen-bond donors (Lipinski definition) is 3. The second-order valence-corrected chi connectivity index (χ2v) is 4.33. The van der Waals surface area contributed by atoms with E-state index in [0.717, 1.165) is 6.42 Å². The van der Waals surface area contributed by atoms with Gasteiger partial charge in [-0.3, -0.25) is 4.79 Å². The first kappa shape index (κ1) is 14.4. The van der Waals surface area contributed by atoms with Gasteiger partial charge in [0.15, 0.2) is 0 Å². The van der Waals surface area contributed by atoms with Gasteiger partial charge in [-0.2, -0.15) is 0 Å². The van der Waals surface area contributed by atoms with Crippen molar-refractivity contribution in [1.29, 1.82) is 0 Å². The molecule has 0 bridgehead atoms. The van der Waals surface area contributed by atoms with Crippen LogP contribution in [0.25, 0.3) is 0 Å². The molecular weight excluding hydrogens is 192 g/mol. The molecule has 4 heteroatoms. The molecule has 0 saturated heterocycles. The number of carbonyl (C=O) groups is 1. The maximum atomic E-state index is 11.6. The summed E-state index contributed by atoms with van der Waals surface area (Å²) in [6.45, 7) is 6.31. The molecule has 0 aliphatic rings. The molecular formula is C11H24N2O2. The maximum absolute atomic E-state index is 11.6. The van der Waals surface area contributed by atoms with E-state index < -0.39 is 5.54 Å². The molecule has 0 aromatic carbocycles. The van der Waals surface area contributed by atoms with Gasteiger partial charge in [0, 0.05) is 6.42 Å². The Hall–Kier alpha value is -0.610. The van der Waals surface area contributed by atoms with Crippen LogP contribution >= 0.6 is 0 Å². The van der Waals surface area contributed by atoms with Crippen LogP contribution in [0.1, 0.15) is 40.0 Å². The topological polar surface area (TPSA) is 75.4 Å². The third kappa shape index (κ3) is 5.14. The van der Waals surface area contributed by atoms with Gasteiger partial charge >= 0.3 is 0 Å². The lowest BCUT2D eigenvalue weighted by atomic mass is 9.97. The second kappa shape index (κ2) is 6.80. The third-order valence-electron chi connectivity index (χ3n) is 2.96. The summed E-state index contributed by atoms with van der Waals surface area (Å²) in [5, 5.41) is 12.0. The summed E-state index contributed by atoms with van der Waals surface area (Å²) in [6, 6.07) is 0. The van der Waals surface area contributed by atoms with E-state index >= 15 is 0 Å². The first-order valence-electron chi connectivity index (χ1n) is 5.63. The number of nitrogens with two attached hydrogens (primary N) is 1. The standard InChI is InChI=1S/C11H24N2O2/c1-4-9(7-12)6-10(15)13-11(3,5-2)8-14/h9,14H,4-8,12H2,1-3H3,(H,13,15). The first-order chi connectivity index (χ1) is 7.01. The highest BCUT2D eigenvalue weighted by molar-refractivity contribution is 5.77. The molecule has 0 radical (unpaired) electrons. The summed E-state index contributed by atoms with van der Waals surface area (Å²) in [7, 11) is 0. The molecule has 1 amide bonds. The SMILES string of the molecule is CCC(CN)CC(=O)NC(C)(CC)CO. The van der Waals surface area contributed by atoms with Crippen molar-refractivity contribution in [2.45, 2.75) is 45.6 Å². The van der Waals surface area contributed by atoms with E-state index in [9.17, 15) is 4.79 Å². The molecule has 15 heavy (non-hydrogen) atoms. The first-order valence-corrected chi connectivity index (χ1v) is 5.63. The van der Waals surface area contributed by atoms with Crippen molar-refractivity contribution in [2.24, 2.45) is 11.7 Å². The van der Waals surface area contributed by atoms with Crippen molar-refractivity contribution in [3.8, 4) is 0 Å². The van der Waals surface area contributed by atoms with Crippen LogP contribution in [-0.2, 0) is 4.79 Å². The Bertz CT molecular complexity index is 187. The normalized spacial score (nSPS) is 16.9. The lowest BCUT2D eigenvalue weighted by molar-refractivity contribution is -0.124. The van der Waals surface area contributed by atoms with Crippen molar-refractivity contribution < 1.29 is 9.90 Å². The summed E-state index contributed by atoms with van der Waals surface area (Å²) in [5.74, 6) is 0.218. The zero-order valence-corrected chi connectivity index (χ0v) is 10.0. The molecule has 0 saturated carbocycles. The molecule has 90 valence electrons. The molecule has 0 aliphatic carbocycles. The van der Waals surface area contributed by atoms with E-state index in [4.69, 9.17) is 10.8 Å². The fraction of sp³-hybridized carbons (Fsp3) is 0.909. The van der Waals surface area contributed by atoms with Crippen LogP contribution in [0.2, 0.25) is 0 Å². The fourth-order valence-electron chi connectivity index (χ4n) is 1.28. The molecule has 2 atom stereocenters. The predicted octanol–water partition coefficient (Wildman–Crippen LogP) is 0.639. The molecule has 0 spiro atoms. The minimum absolute atomic E-state index is 0.0225. The third-order valence-corrected chi connectivity index (χ3v) is 2.96. The summed E-state index contributed by atoms with van der Waals surface area (Å²) in [5.41, 5.74) is 5.03. The van der Waals surface area contributed by atoms with Crippen LogP contribution in [-0.4, -0.2) is 29.7 Å². The summed E-state index contributed by atoms with van der Waals surface area (Å²) in [6.07, 6.45) is 2.07. The van der Waals surface area contributed by atoms with Crippen molar-refractivity contribution in [3.63, 3.8) is 0 Å². The van der Waals surface area contributed by atoms with Gasteiger partial charge in [0.2, 0.25) is 5.91 Å². The Morgan fingerprint density at radius 1 is 1.53 bits per heavy atom. The average Bonchev–Trinajstić information content (AvgIpc) is 2.25. The van der Waals surface area contributed by atoms with Crippen LogP contribution in [0.3, 0.4) is 0 Å². The zero-order chi connectivity index (χ0) is 11.9. The Balaban J connectivity index is 4.12. The summed E-state index contributed by atoms with van der Waals surface area (Å²) < 4.78 is 0. The minimum atomic E-state index is -0.496. The van der Waals surface area contributed by atoms with E-state index in [2.05, 4.69) is 5.32 Å². The second-order valence-electron chi connectivity index (χ2n) is 4.33. The Kier molecular flexibility index (Phi) is 6.52. The summed E-state index contributed by atoms with van der Waals surface area (Å²) in [4.78, 5) is 11.6. The number of aliphatic hydroxyl groups is 1. The van der Waals surface area contributed by atoms with E-state index in [0.29, 0.717) is 19.4 Å². The number of aliphatic hydroxyl groups excluding tert-OH is 1. The van der Waals surface area contributed by atoms with Gasteiger partial charge in [-0.25, -0.2) is 0 Å². The largest absolute Gasteiger partial charge is 0.394 e. The highest BCUT2D eigenvalue weighted by Crippen LogP contribution is 2.11. The molecule has 0 aliphatic heterocycles. The lowest BCUT2D eigenvalue weighted by Crippen LogP contribution is -2.49. The summed E-state index contributed by atoms with van der Waals surface area (Å²) >= 11 is 0. The van der Waals surface area contributed by atoms with E-state index in [-0.39, 0.29) is 18.4 Å². The molecule has 2 unspecified atom stereocenters. The Labute approximate surface area is 92.2 Å². The zero-order valence-electron chi connectivity index (χ0n) is 10.0. The number of hydrogen-bond acceptors (Lipinski definition) is 3. The monoisotopic (exact) mass is 216 g/mol. The van der Waals surface area contributed by atoms with Gasteiger partial charge in [-0.15, -0.1) is 0 Å². The smallest absolute Gasteiger partial charge is 0.220 e. The molecule has 0 aromatic heterocycles. The number of amides is 1. The number of nitrogens with one attached hydrogen (secondary N) is 1. The maximum Gasteiger partial charge on any atom is 0.220 e. The Morgan fingerprint density at radius 3 is 2.47 bits per heavy atom. The molecule has 0 heterocycles. The fourth-order valence-corrected chi connectivity index (χ4v) is 1.28. The van der Waals surface area contributed by atoms with Crippen LogP contribution in [0.15, 0.2) is 0 Å². The highest BCUT2D eigenvalue weighted by Gasteiger charge is 2.23. The van der Waals surface area contributed by atoms with Crippen LogP contribution in [0.4, 0.5) is 0 Å². The Morgan fingerprint density at radius 2 is 2.13 bits per heavy atom. The molecule has 4 nitrogen and oxygen atoms in total. The highest BCUT2D eigenvalue weighted by atomic mass is 16.3. The van der Waals surface area contributed by atoms with E-state index in [1.807, 2.05) is 20.8 Å². The molecule has 0 fully saturated rings. The van der Waals surface area contributed by atoms with Gasteiger partial charge in [0.05, 0.1) is 12.1 Å². The van der Waals surface area contributed by atoms with Crippen molar-refractivity contribution in [1.82, 2.24) is 5.32 Å². The van der Waals surface area contributed by atoms with Crippen molar-refractivity contribution >= 4 is 5.91 Å². The van der Waals surface area contributed by atoms with Crippen molar-refractivity contribution in [3.05, 3.63) is 0 Å². The van der Waals surface area contributed by atoms with E-state index in [1.165, 1.54) is 0 Å². The number of rotatable bonds is 7. The lowest BCUT2D eigenvalue weighted by Gasteiger charge is -2.28. The van der Waals surface area contributed by atoms with Gasteiger partial charge in [-0.05, 0) is 25.8 Å². The van der Waals surface area contributed by atoms with Crippen LogP contribution in [0.5, 0.6) is 0 Å². The van der Waals surface area contributed by atoms with Crippen LogP contribution < -0.4 is 11.1 Å². The van der Waals surface area contributed by atoms with Gasteiger partial charge < -0.3 is 16.2 Å². The quantitative estimate of drug-likeness (QED) is 0.584.